The summed E-state index contributed by atoms with van der Waals surface area (Å²) in [5.74, 6) is 1.03. The van der Waals surface area contributed by atoms with Gasteiger partial charge in [-0.2, -0.15) is 0 Å². The number of guanidine groups is 1. The Morgan fingerprint density at radius 3 is 2.32 bits per heavy atom. The van der Waals surface area contributed by atoms with Crippen molar-refractivity contribution in [1.82, 2.24) is 20.4 Å². The van der Waals surface area contributed by atoms with E-state index in [1.165, 1.54) is 13.0 Å². The van der Waals surface area contributed by atoms with Crippen LogP contribution in [0.4, 0.5) is 0 Å². The number of hydrogen-bond acceptors (Lipinski definition) is 3. The van der Waals surface area contributed by atoms with Crippen LogP contribution in [0.25, 0.3) is 0 Å². The normalized spacial score (nSPS) is 16.2. The van der Waals surface area contributed by atoms with Crippen LogP contribution in [0.1, 0.15) is 53.4 Å². The number of aliphatic imine (C=N–C) groups is 1. The van der Waals surface area contributed by atoms with E-state index in [-0.39, 0.29) is 29.9 Å². The molecule has 0 unspecified atom stereocenters. The number of likely N-dealkylation sites (tertiary alicyclic amines) is 1. The van der Waals surface area contributed by atoms with Crippen molar-refractivity contribution in [2.45, 2.75) is 59.4 Å². The van der Waals surface area contributed by atoms with Crippen molar-refractivity contribution in [2.24, 2.45) is 4.99 Å². The zero-order valence-corrected chi connectivity index (χ0v) is 18.8. The predicted molar refractivity (Wildman–Crippen MR) is 117 cm³/mol. The Morgan fingerprint density at radius 1 is 1.16 bits per heavy atom. The molecule has 0 bridgehead atoms. The van der Waals surface area contributed by atoms with Gasteiger partial charge in [-0.05, 0) is 46.6 Å². The molecule has 1 saturated heterocycles. The molecule has 1 amide bonds. The monoisotopic (exact) mass is 467 g/mol. The highest BCUT2D eigenvalue weighted by molar-refractivity contribution is 14.0. The van der Waals surface area contributed by atoms with Crippen molar-refractivity contribution in [3.8, 4) is 0 Å². The molecule has 0 atom stereocenters. The molecule has 1 heterocycles. The van der Waals surface area contributed by atoms with Gasteiger partial charge < -0.3 is 20.4 Å². The average molecular weight is 467 g/mol. The van der Waals surface area contributed by atoms with E-state index in [1.807, 2.05) is 18.7 Å². The van der Waals surface area contributed by atoms with Crippen molar-refractivity contribution in [2.75, 3.05) is 45.8 Å². The number of carbonyl (C=O) groups is 1. The van der Waals surface area contributed by atoms with Crippen molar-refractivity contribution < 1.29 is 4.79 Å². The van der Waals surface area contributed by atoms with Gasteiger partial charge in [0.15, 0.2) is 5.96 Å². The number of piperidine rings is 1. The molecule has 0 aromatic heterocycles. The number of nitrogens with one attached hydrogen (secondary N) is 2. The Labute approximate surface area is 171 Å². The van der Waals surface area contributed by atoms with E-state index in [2.05, 4.69) is 34.4 Å². The van der Waals surface area contributed by atoms with E-state index in [4.69, 9.17) is 0 Å². The molecule has 0 saturated carbocycles. The molecule has 1 aliphatic rings. The number of carbonyl (C=O) groups excluding carboxylic acids is 1. The van der Waals surface area contributed by atoms with E-state index < -0.39 is 0 Å². The van der Waals surface area contributed by atoms with Crippen molar-refractivity contribution >= 4 is 35.8 Å². The lowest BCUT2D eigenvalue weighted by Crippen LogP contribution is -2.48. The molecule has 25 heavy (non-hydrogen) atoms. The maximum Gasteiger partial charge on any atom is 0.224 e. The van der Waals surface area contributed by atoms with Gasteiger partial charge in [0, 0.05) is 45.2 Å². The molecule has 0 aromatic rings. The smallest absolute Gasteiger partial charge is 0.224 e. The zero-order chi connectivity index (χ0) is 17.8. The van der Waals surface area contributed by atoms with Crippen LogP contribution in [0.15, 0.2) is 4.99 Å². The summed E-state index contributed by atoms with van der Waals surface area (Å²) in [5, 5.41) is 6.84. The molecule has 0 aliphatic carbocycles. The molecule has 148 valence electrons. The molecule has 1 fully saturated rings. The van der Waals surface area contributed by atoms with Crippen LogP contribution in [0.2, 0.25) is 0 Å². The van der Waals surface area contributed by atoms with Gasteiger partial charge in [-0.1, -0.05) is 6.92 Å². The third kappa shape index (κ3) is 9.63. The van der Waals surface area contributed by atoms with Crippen LogP contribution in [-0.2, 0) is 4.79 Å². The zero-order valence-electron chi connectivity index (χ0n) is 16.5. The first kappa shape index (κ1) is 24.4. The van der Waals surface area contributed by atoms with Crippen LogP contribution in [0.5, 0.6) is 0 Å². The topological polar surface area (TPSA) is 60.0 Å². The molecule has 1 aliphatic heterocycles. The third-order valence-electron chi connectivity index (χ3n) is 4.52. The molecular formula is C18H38IN5O. The largest absolute Gasteiger partial charge is 0.357 e. The summed E-state index contributed by atoms with van der Waals surface area (Å²) in [5.41, 5.74) is 0. The standard InChI is InChI=1S/C18H37N5O.HI/c1-5-13-22-14-10-16(11-15-22)21-18(19-6-2)20-12-9-17(24)23(7-3)8-4;/h16H,5-15H2,1-4H3,(H2,19,20,21);1H. The lowest BCUT2D eigenvalue weighted by atomic mass is 10.1. The van der Waals surface area contributed by atoms with Gasteiger partial charge >= 0.3 is 0 Å². The average Bonchev–Trinajstić information content (AvgIpc) is 2.58. The first-order chi connectivity index (χ1) is 11.6. The molecule has 0 aromatic carbocycles. The Kier molecular flexibility index (Phi) is 14.3. The summed E-state index contributed by atoms with van der Waals surface area (Å²) >= 11 is 0. The number of nitrogens with zero attached hydrogens (tertiary/aromatic N) is 3. The summed E-state index contributed by atoms with van der Waals surface area (Å²) in [7, 11) is 0. The first-order valence-corrected chi connectivity index (χ1v) is 9.69. The van der Waals surface area contributed by atoms with Gasteiger partial charge in [0.05, 0.1) is 6.54 Å². The minimum atomic E-state index is 0. The van der Waals surface area contributed by atoms with Crippen molar-refractivity contribution in [3.05, 3.63) is 0 Å². The first-order valence-electron chi connectivity index (χ1n) is 9.69. The Balaban J connectivity index is 0.00000576. The molecule has 6 nitrogen and oxygen atoms in total. The molecule has 1 rings (SSSR count). The minimum Gasteiger partial charge on any atom is -0.357 e. The second kappa shape index (κ2) is 14.6. The van der Waals surface area contributed by atoms with E-state index in [1.54, 1.807) is 0 Å². The third-order valence-corrected chi connectivity index (χ3v) is 4.52. The van der Waals surface area contributed by atoms with Gasteiger partial charge in [-0.3, -0.25) is 9.79 Å². The fourth-order valence-corrected chi connectivity index (χ4v) is 3.13. The summed E-state index contributed by atoms with van der Waals surface area (Å²) in [6.07, 6.45) is 4.02. The van der Waals surface area contributed by atoms with E-state index in [9.17, 15) is 4.79 Å². The second-order valence-corrected chi connectivity index (χ2v) is 6.34. The summed E-state index contributed by atoms with van der Waals surface area (Å²) in [6, 6.07) is 0.481. The second-order valence-electron chi connectivity index (χ2n) is 6.34. The van der Waals surface area contributed by atoms with Crippen molar-refractivity contribution in [1.29, 1.82) is 0 Å². The Hall–Kier alpha value is -0.570. The molecule has 0 radical (unpaired) electrons. The van der Waals surface area contributed by atoms with Gasteiger partial charge in [0.1, 0.15) is 0 Å². The highest BCUT2D eigenvalue weighted by Crippen LogP contribution is 2.10. The quantitative estimate of drug-likeness (QED) is 0.311. The number of rotatable bonds is 9. The van der Waals surface area contributed by atoms with Crippen molar-refractivity contribution in [3.63, 3.8) is 0 Å². The fourth-order valence-electron chi connectivity index (χ4n) is 3.13. The van der Waals surface area contributed by atoms with Gasteiger partial charge in [0.25, 0.3) is 0 Å². The maximum atomic E-state index is 12.0. The molecule has 7 heteroatoms. The van der Waals surface area contributed by atoms with Gasteiger partial charge in [0.2, 0.25) is 5.91 Å². The summed E-state index contributed by atoms with van der Waals surface area (Å²) < 4.78 is 0. The summed E-state index contributed by atoms with van der Waals surface area (Å²) in [4.78, 5) is 21.0. The molecule has 2 N–H and O–H groups in total. The highest BCUT2D eigenvalue weighted by atomic mass is 127. The maximum absolute atomic E-state index is 12.0. The minimum absolute atomic E-state index is 0. The number of hydrogen-bond donors (Lipinski definition) is 2. The fraction of sp³-hybridized carbons (Fsp3) is 0.889. The van der Waals surface area contributed by atoms with Crippen LogP contribution >= 0.6 is 24.0 Å². The lowest BCUT2D eigenvalue weighted by molar-refractivity contribution is -0.130. The SMILES string of the molecule is CCCN1CCC(NC(=NCCC(=O)N(CC)CC)NCC)CC1.I. The highest BCUT2D eigenvalue weighted by Gasteiger charge is 2.19. The Morgan fingerprint density at radius 2 is 1.80 bits per heavy atom. The lowest BCUT2D eigenvalue weighted by Gasteiger charge is -2.32. The van der Waals surface area contributed by atoms with Crippen LogP contribution in [-0.4, -0.2) is 73.5 Å². The van der Waals surface area contributed by atoms with E-state index in [0.29, 0.717) is 19.0 Å². The van der Waals surface area contributed by atoms with Gasteiger partial charge in [-0.15, -0.1) is 24.0 Å². The van der Waals surface area contributed by atoms with Gasteiger partial charge in [-0.25, -0.2) is 0 Å². The molecular weight excluding hydrogens is 429 g/mol. The number of halogens is 1. The Bertz CT molecular complexity index is 380. The van der Waals surface area contributed by atoms with E-state index >= 15 is 0 Å². The summed E-state index contributed by atoms with van der Waals surface area (Å²) in [6.45, 7) is 14.8. The molecule has 0 spiro atoms. The van der Waals surface area contributed by atoms with E-state index in [0.717, 1.165) is 51.5 Å². The number of amides is 1. The van der Waals surface area contributed by atoms with Crippen LogP contribution in [0.3, 0.4) is 0 Å². The van der Waals surface area contributed by atoms with Crippen LogP contribution in [0, 0.1) is 0 Å². The predicted octanol–water partition coefficient (Wildman–Crippen LogP) is 2.29. The van der Waals surface area contributed by atoms with Crippen LogP contribution < -0.4 is 10.6 Å².